The van der Waals surface area contributed by atoms with Crippen LogP contribution in [0.3, 0.4) is 0 Å². The Morgan fingerprint density at radius 3 is 2.60 bits per heavy atom. The maximum atomic E-state index is 5.99. The number of pyridine rings is 1. The third kappa shape index (κ3) is 1.58. The van der Waals surface area contributed by atoms with Crippen molar-refractivity contribution in [3.8, 4) is 11.1 Å². The Kier molecular flexibility index (Phi) is 2.41. The van der Waals surface area contributed by atoms with Crippen molar-refractivity contribution < 1.29 is 0 Å². The average molecular weight is 202 g/mol. The highest BCUT2D eigenvalue weighted by Crippen LogP contribution is 2.28. The van der Waals surface area contributed by atoms with E-state index >= 15 is 0 Å². The highest BCUT2D eigenvalue weighted by molar-refractivity contribution is 5.76. The highest BCUT2D eigenvalue weighted by atomic mass is 15.3. The lowest BCUT2D eigenvalue weighted by Gasteiger charge is -2.01. The van der Waals surface area contributed by atoms with Crippen LogP contribution in [0, 0.1) is 0 Å². The first kappa shape index (κ1) is 9.71. The Labute approximate surface area is 88.8 Å². The van der Waals surface area contributed by atoms with Gasteiger partial charge in [-0.2, -0.15) is 5.10 Å². The van der Waals surface area contributed by atoms with E-state index in [9.17, 15) is 0 Å². The topological polar surface area (TPSA) is 56.7 Å². The van der Waals surface area contributed by atoms with Gasteiger partial charge in [-0.25, -0.2) is 0 Å². The van der Waals surface area contributed by atoms with Crippen LogP contribution in [-0.4, -0.2) is 14.8 Å². The Morgan fingerprint density at radius 1 is 1.33 bits per heavy atom. The molecule has 0 saturated heterocycles. The Hall–Kier alpha value is -1.84. The van der Waals surface area contributed by atoms with Crippen molar-refractivity contribution in [2.45, 2.75) is 13.3 Å². The lowest BCUT2D eigenvalue weighted by Crippen LogP contribution is -1.97. The molecule has 0 aliphatic rings. The van der Waals surface area contributed by atoms with Crippen LogP contribution in [0.4, 0.5) is 5.82 Å². The van der Waals surface area contributed by atoms with E-state index < -0.39 is 0 Å². The van der Waals surface area contributed by atoms with Crippen LogP contribution in [0.25, 0.3) is 11.1 Å². The van der Waals surface area contributed by atoms with Gasteiger partial charge in [-0.05, 0) is 24.1 Å². The summed E-state index contributed by atoms with van der Waals surface area (Å²) in [6.45, 7) is 2.08. The molecule has 4 heteroatoms. The third-order valence-corrected chi connectivity index (χ3v) is 2.47. The molecule has 0 aliphatic heterocycles. The monoisotopic (exact) mass is 202 g/mol. The molecule has 0 spiro atoms. The summed E-state index contributed by atoms with van der Waals surface area (Å²) in [7, 11) is 1.86. The molecule has 2 heterocycles. The molecule has 0 atom stereocenters. The molecule has 0 aromatic carbocycles. The number of nitrogens with zero attached hydrogens (tertiary/aromatic N) is 3. The molecule has 2 aromatic heterocycles. The highest BCUT2D eigenvalue weighted by Gasteiger charge is 2.13. The van der Waals surface area contributed by atoms with Crippen LogP contribution in [0.2, 0.25) is 0 Å². The largest absolute Gasteiger partial charge is 0.383 e. The van der Waals surface area contributed by atoms with E-state index in [4.69, 9.17) is 5.73 Å². The Morgan fingerprint density at radius 2 is 2.00 bits per heavy atom. The second-order valence-electron chi connectivity index (χ2n) is 3.42. The molecule has 4 nitrogen and oxygen atoms in total. The van der Waals surface area contributed by atoms with Crippen molar-refractivity contribution in [2.24, 2.45) is 7.05 Å². The molecule has 2 aromatic rings. The number of nitrogen functional groups attached to an aromatic ring is 1. The molecular weight excluding hydrogens is 188 g/mol. The van der Waals surface area contributed by atoms with Crippen LogP contribution in [-0.2, 0) is 13.5 Å². The molecule has 78 valence electrons. The number of hydrogen-bond donors (Lipinski definition) is 1. The average Bonchev–Trinajstić information content (AvgIpc) is 2.56. The van der Waals surface area contributed by atoms with E-state index in [0.29, 0.717) is 5.82 Å². The van der Waals surface area contributed by atoms with Gasteiger partial charge in [-0.15, -0.1) is 0 Å². The number of aromatic nitrogens is 3. The number of aryl methyl sites for hydroxylation is 2. The van der Waals surface area contributed by atoms with Gasteiger partial charge in [0.2, 0.25) is 0 Å². The van der Waals surface area contributed by atoms with Crippen LogP contribution < -0.4 is 5.73 Å². The SMILES string of the molecule is CCc1nn(C)c(N)c1-c1ccncc1. The zero-order valence-corrected chi connectivity index (χ0v) is 8.94. The minimum absolute atomic E-state index is 0.707. The molecule has 2 rings (SSSR count). The van der Waals surface area contributed by atoms with Gasteiger partial charge in [-0.3, -0.25) is 9.67 Å². The fourth-order valence-electron chi connectivity index (χ4n) is 1.68. The lowest BCUT2D eigenvalue weighted by molar-refractivity contribution is 0.755. The van der Waals surface area contributed by atoms with Crippen molar-refractivity contribution in [3.05, 3.63) is 30.2 Å². The molecule has 0 saturated carbocycles. The van der Waals surface area contributed by atoms with Crippen LogP contribution in [0.15, 0.2) is 24.5 Å². The Bertz CT molecular complexity index is 459. The van der Waals surface area contributed by atoms with Gasteiger partial charge in [0.05, 0.1) is 5.69 Å². The summed E-state index contributed by atoms with van der Waals surface area (Å²) < 4.78 is 1.72. The first-order chi connectivity index (χ1) is 7.24. The summed E-state index contributed by atoms with van der Waals surface area (Å²) in [5.41, 5.74) is 9.13. The van der Waals surface area contributed by atoms with Gasteiger partial charge in [0.15, 0.2) is 0 Å². The molecule has 2 N–H and O–H groups in total. The zero-order chi connectivity index (χ0) is 10.8. The minimum Gasteiger partial charge on any atom is -0.383 e. The second-order valence-corrected chi connectivity index (χ2v) is 3.42. The summed E-state index contributed by atoms with van der Waals surface area (Å²) in [5, 5.41) is 4.38. The van der Waals surface area contributed by atoms with Crippen molar-refractivity contribution in [1.82, 2.24) is 14.8 Å². The fourth-order valence-corrected chi connectivity index (χ4v) is 1.68. The predicted molar refractivity (Wildman–Crippen MR) is 60.2 cm³/mol. The number of anilines is 1. The summed E-state index contributed by atoms with van der Waals surface area (Å²) in [4.78, 5) is 3.99. The summed E-state index contributed by atoms with van der Waals surface area (Å²) >= 11 is 0. The molecule has 0 amide bonds. The van der Waals surface area contributed by atoms with Crippen LogP contribution in [0.5, 0.6) is 0 Å². The third-order valence-electron chi connectivity index (χ3n) is 2.47. The molecule has 0 bridgehead atoms. The van der Waals surface area contributed by atoms with E-state index in [1.165, 1.54) is 0 Å². The molecule has 0 fully saturated rings. The number of hydrogen-bond acceptors (Lipinski definition) is 3. The Balaban J connectivity index is 2.61. The lowest BCUT2D eigenvalue weighted by atomic mass is 10.1. The van der Waals surface area contributed by atoms with Crippen molar-refractivity contribution >= 4 is 5.82 Å². The smallest absolute Gasteiger partial charge is 0.129 e. The van der Waals surface area contributed by atoms with Gasteiger partial charge in [0.1, 0.15) is 5.82 Å². The van der Waals surface area contributed by atoms with E-state index in [1.54, 1.807) is 17.1 Å². The molecule has 0 radical (unpaired) electrons. The van der Waals surface area contributed by atoms with Crippen LogP contribution >= 0.6 is 0 Å². The first-order valence-corrected chi connectivity index (χ1v) is 4.95. The van der Waals surface area contributed by atoms with Gasteiger partial charge >= 0.3 is 0 Å². The summed E-state index contributed by atoms with van der Waals surface area (Å²) in [6.07, 6.45) is 4.41. The van der Waals surface area contributed by atoms with E-state index in [2.05, 4.69) is 17.0 Å². The van der Waals surface area contributed by atoms with Crippen molar-refractivity contribution in [1.29, 1.82) is 0 Å². The standard InChI is InChI=1S/C11H14N4/c1-3-9-10(11(12)15(2)14-9)8-4-6-13-7-5-8/h4-7H,3,12H2,1-2H3. The summed E-state index contributed by atoms with van der Waals surface area (Å²) in [6, 6.07) is 3.90. The summed E-state index contributed by atoms with van der Waals surface area (Å²) in [5.74, 6) is 0.707. The maximum Gasteiger partial charge on any atom is 0.129 e. The normalized spacial score (nSPS) is 10.5. The second kappa shape index (κ2) is 3.73. The fraction of sp³-hybridized carbons (Fsp3) is 0.273. The first-order valence-electron chi connectivity index (χ1n) is 4.95. The van der Waals surface area contributed by atoms with E-state index in [-0.39, 0.29) is 0 Å². The zero-order valence-electron chi connectivity index (χ0n) is 8.94. The molecule has 0 unspecified atom stereocenters. The van der Waals surface area contributed by atoms with Crippen molar-refractivity contribution in [3.63, 3.8) is 0 Å². The maximum absolute atomic E-state index is 5.99. The predicted octanol–water partition coefficient (Wildman–Crippen LogP) is 1.63. The minimum atomic E-state index is 0.707. The van der Waals surface area contributed by atoms with Gasteiger partial charge in [0.25, 0.3) is 0 Å². The molecule has 0 aliphatic carbocycles. The quantitative estimate of drug-likeness (QED) is 0.805. The van der Waals surface area contributed by atoms with E-state index in [1.807, 2.05) is 19.2 Å². The van der Waals surface area contributed by atoms with Crippen LogP contribution in [0.1, 0.15) is 12.6 Å². The number of rotatable bonds is 2. The van der Waals surface area contributed by atoms with Gasteiger partial charge in [0, 0.05) is 25.0 Å². The van der Waals surface area contributed by atoms with Crippen molar-refractivity contribution in [2.75, 3.05) is 5.73 Å². The molecule has 15 heavy (non-hydrogen) atoms. The molecular formula is C11H14N4. The number of nitrogens with two attached hydrogens (primary N) is 1. The van der Waals surface area contributed by atoms with Gasteiger partial charge < -0.3 is 5.73 Å². The van der Waals surface area contributed by atoms with Gasteiger partial charge in [-0.1, -0.05) is 6.92 Å². The van der Waals surface area contributed by atoms with E-state index in [0.717, 1.165) is 23.2 Å².